The molecule has 1 aliphatic heterocycles. The standard InChI is InChI=1S/C14H21N3O/c1-9-4-5-17(8-10(9)2)14(18)12-7-16-11(3)6-13(12)15/h6-7,9-10H,4-5,8H2,1-3H3,(H2,15,16). The van der Waals surface area contributed by atoms with Crippen LogP contribution in [0.15, 0.2) is 12.3 Å². The molecule has 1 fully saturated rings. The van der Waals surface area contributed by atoms with Crippen LogP contribution in [0.3, 0.4) is 0 Å². The SMILES string of the molecule is Cc1cc(N)c(C(=O)N2CCC(C)C(C)C2)cn1. The predicted octanol–water partition coefficient (Wildman–Crippen LogP) is 2.09. The minimum Gasteiger partial charge on any atom is -0.398 e. The van der Waals surface area contributed by atoms with E-state index in [-0.39, 0.29) is 5.91 Å². The number of hydrogen-bond acceptors (Lipinski definition) is 3. The summed E-state index contributed by atoms with van der Waals surface area (Å²) in [5, 5.41) is 0. The summed E-state index contributed by atoms with van der Waals surface area (Å²) in [4.78, 5) is 18.4. The second kappa shape index (κ2) is 4.96. The van der Waals surface area contributed by atoms with Crippen molar-refractivity contribution in [1.29, 1.82) is 0 Å². The Morgan fingerprint density at radius 1 is 1.44 bits per heavy atom. The molecule has 0 spiro atoms. The van der Waals surface area contributed by atoms with Gasteiger partial charge < -0.3 is 10.6 Å². The van der Waals surface area contributed by atoms with E-state index < -0.39 is 0 Å². The lowest BCUT2D eigenvalue weighted by Crippen LogP contribution is -2.42. The number of nitrogens with two attached hydrogens (primary N) is 1. The number of carbonyl (C=O) groups is 1. The highest BCUT2D eigenvalue weighted by Gasteiger charge is 2.27. The van der Waals surface area contributed by atoms with Crippen molar-refractivity contribution in [1.82, 2.24) is 9.88 Å². The third-order valence-corrected chi connectivity index (χ3v) is 3.92. The van der Waals surface area contributed by atoms with Crippen molar-refractivity contribution >= 4 is 11.6 Å². The predicted molar refractivity (Wildman–Crippen MR) is 72.2 cm³/mol. The lowest BCUT2D eigenvalue weighted by atomic mass is 9.88. The van der Waals surface area contributed by atoms with Crippen LogP contribution < -0.4 is 5.73 Å². The molecule has 18 heavy (non-hydrogen) atoms. The first-order chi connectivity index (χ1) is 8.49. The number of piperidine rings is 1. The first kappa shape index (κ1) is 12.9. The van der Waals surface area contributed by atoms with E-state index in [1.165, 1.54) is 0 Å². The first-order valence-electron chi connectivity index (χ1n) is 6.50. The molecule has 0 radical (unpaired) electrons. The number of aryl methyl sites for hydroxylation is 1. The molecule has 4 nitrogen and oxygen atoms in total. The van der Waals surface area contributed by atoms with Gasteiger partial charge in [0.1, 0.15) is 0 Å². The van der Waals surface area contributed by atoms with E-state index in [1.54, 1.807) is 12.3 Å². The van der Waals surface area contributed by atoms with Crippen LogP contribution in [0.2, 0.25) is 0 Å². The fourth-order valence-electron chi connectivity index (χ4n) is 2.38. The summed E-state index contributed by atoms with van der Waals surface area (Å²) >= 11 is 0. The Hall–Kier alpha value is -1.58. The average Bonchev–Trinajstić information content (AvgIpc) is 2.32. The van der Waals surface area contributed by atoms with E-state index in [9.17, 15) is 4.79 Å². The van der Waals surface area contributed by atoms with Crippen LogP contribution in [-0.2, 0) is 0 Å². The molecule has 2 rings (SSSR count). The topological polar surface area (TPSA) is 59.2 Å². The van der Waals surface area contributed by atoms with Crippen molar-refractivity contribution in [3.8, 4) is 0 Å². The molecule has 1 aromatic heterocycles. The van der Waals surface area contributed by atoms with Gasteiger partial charge in [-0.15, -0.1) is 0 Å². The minimum atomic E-state index is 0.0127. The van der Waals surface area contributed by atoms with E-state index >= 15 is 0 Å². The smallest absolute Gasteiger partial charge is 0.257 e. The van der Waals surface area contributed by atoms with E-state index in [0.29, 0.717) is 23.1 Å². The first-order valence-corrected chi connectivity index (χ1v) is 6.50. The van der Waals surface area contributed by atoms with Gasteiger partial charge in [-0.25, -0.2) is 0 Å². The van der Waals surface area contributed by atoms with Crippen molar-refractivity contribution < 1.29 is 4.79 Å². The zero-order chi connectivity index (χ0) is 13.3. The van der Waals surface area contributed by atoms with Crippen LogP contribution in [0.1, 0.15) is 36.3 Å². The maximum atomic E-state index is 12.4. The number of likely N-dealkylation sites (tertiary alicyclic amines) is 1. The number of hydrogen-bond donors (Lipinski definition) is 1. The average molecular weight is 247 g/mol. The molecule has 2 atom stereocenters. The van der Waals surface area contributed by atoms with Gasteiger partial charge in [0.2, 0.25) is 0 Å². The zero-order valence-electron chi connectivity index (χ0n) is 11.3. The molecule has 0 bridgehead atoms. The molecule has 1 aromatic rings. The number of aromatic nitrogens is 1. The third-order valence-electron chi connectivity index (χ3n) is 3.92. The number of pyridine rings is 1. The molecular weight excluding hydrogens is 226 g/mol. The number of nitrogens with zero attached hydrogens (tertiary/aromatic N) is 2. The number of carbonyl (C=O) groups excluding carboxylic acids is 1. The molecule has 2 unspecified atom stereocenters. The maximum Gasteiger partial charge on any atom is 0.257 e. The molecule has 4 heteroatoms. The largest absolute Gasteiger partial charge is 0.398 e. The minimum absolute atomic E-state index is 0.0127. The normalized spacial score (nSPS) is 24.1. The molecule has 1 aliphatic rings. The monoisotopic (exact) mass is 247 g/mol. The Balaban J connectivity index is 2.16. The van der Waals surface area contributed by atoms with Gasteiger partial charge in [0.25, 0.3) is 5.91 Å². The van der Waals surface area contributed by atoms with Crippen LogP contribution in [0.5, 0.6) is 0 Å². The quantitative estimate of drug-likeness (QED) is 0.826. The van der Waals surface area contributed by atoms with Crippen LogP contribution in [-0.4, -0.2) is 28.9 Å². The highest BCUT2D eigenvalue weighted by atomic mass is 16.2. The molecule has 2 N–H and O–H groups in total. The Kier molecular flexibility index (Phi) is 3.55. The van der Waals surface area contributed by atoms with Crippen molar-refractivity contribution in [2.75, 3.05) is 18.8 Å². The van der Waals surface area contributed by atoms with E-state index in [4.69, 9.17) is 5.73 Å². The van der Waals surface area contributed by atoms with Gasteiger partial charge in [-0.1, -0.05) is 13.8 Å². The number of amides is 1. The van der Waals surface area contributed by atoms with Gasteiger partial charge in [0.15, 0.2) is 0 Å². The van der Waals surface area contributed by atoms with Gasteiger partial charge in [0.05, 0.1) is 5.56 Å². The summed E-state index contributed by atoms with van der Waals surface area (Å²) in [7, 11) is 0. The van der Waals surface area contributed by atoms with Gasteiger partial charge in [-0.05, 0) is 31.2 Å². The van der Waals surface area contributed by atoms with Gasteiger partial charge >= 0.3 is 0 Å². The molecule has 0 saturated carbocycles. The molecule has 1 amide bonds. The Bertz CT molecular complexity index is 458. The lowest BCUT2D eigenvalue weighted by Gasteiger charge is -2.35. The van der Waals surface area contributed by atoms with Crippen LogP contribution in [0.25, 0.3) is 0 Å². The summed E-state index contributed by atoms with van der Waals surface area (Å²) in [5.41, 5.74) is 7.80. The second-order valence-electron chi connectivity index (χ2n) is 5.41. The fraction of sp³-hybridized carbons (Fsp3) is 0.571. The molecular formula is C14H21N3O. The van der Waals surface area contributed by atoms with Gasteiger partial charge in [0, 0.05) is 30.7 Å². The lowest BCUT2D eigenvalue weighted by molar-refractivity contribution is 0.0628. The summed E-state index contributed by atoms with van der Waals surface area (Å²) < 4.78 is 0. The summed E-state index contributed by atoms with van der Waals surface area (Å²) in [6, 6.07) is 1.75. The van der Waals surface area contributed by atoms with Crippen molar-refractivity contribution in [3.05, 3.63) is 23.5 Å². The van der Waals surface area contributed by atoms with E-state index in [1.807, 2.05) is 11.8 Å². The Morgan fingerprint density at radius 3 is 2.78 bits per heavy atom. The number of anilines is 1. The Labute approximate surface area is 108 Å². The van der Waals surface area contributed by atoms with Crippen molar-refractivity contribution in [2.24, 2.45) is 11.8 Å². The molecule has 0 aliphatic carbocycles. The van der Waals surface area contributed by atoms with Crippen LogP contribution in [0.4, 0.5) is 5.69 Å². The van der Waals surface area contributed by atoms with Crippen molar-refractivity contribution in [3.63, 3.8) is 0 Å². The third kappa shape index (κ3) is 2.47. The van der Waals surface area contributed by atoms with Gasteiger partial charge in [-0.2, -0.15) is 0 Å². The molecule has 2 heterocycles. The van der Waals surface area contributed by atoms with E-state index in [0.717, 1.165) is 25.2 Å². The van der Waals surface area contributed by atoms with Crippen LogP contribution >= 0.6 is 0 Å². The van der Waals surface area contributed by atoms with Gasteiger partial charge in [-0.3, -0.25) is 9.78 Å². The second-order valence-corrected chi connectivity index (χ2v) is 5.41. The Morgan fingerprint density at radius 2 is 2.17 bits per heavy atom. The maximum absolute atomic E-state index is 12.4. The van der Waals surface area contributed by atoms with E-state index in [2.05, 4.69) is 18.8 Å². The number of nitrogen functional groups attached to an aromatic ring is 1. The zero-order valence-corrected chi connectivity index (χ0v) is 11.3. The summed E-state index contributed by atoms with van der Waals surface area (Å²) in [5.74, 6) is 1.24. The number of rotatable bonds is 1. The fourth-order valence-corrected chi connectivity index (χ4v) is 2.38. The highest BCUT2D eigenvalue weighted by Crippen LogP contribution is 2.24. The molecule has 0 aromatic carbocycles. The van der Waals surface area contributed by atoms with Crippen molar-refractivity contribution in [2.45, 2.75) is 27.2 Å². The summed E-state index contributed by atoms with van der Waals surface area (Å²) in [6.07, 6.45) is 2.65. The van der Waals surface area contributed by atoms with Crippen LogP contribution in [0, 0.1) is 18.8 Å². The summed E-state index contributed by atoms with van der Waals surface area (Å²) in [6.45, 7) is 7.94. The molecule has 98 valence electrons. The molecule has 1 saturated heterocycles. The highest BCUT2D eigenvalue weighted by molar-refractivity contribution is 5.98.